The number of hydrogen-bond donors (Lipinski definition) is 1. The van der Waals surface area contributed by atoms with E-state index in [-0.39, 0.29) is 17.6 Å². The van der Waals surface area contributed by atoms with Gasteiger partial charge in [0.05, 0.1) is 32.7 Å². The molecule has 53 heavy (non-hydrogen) atoms. The summed E-state index contributed by atoms with van der Waals surface area (Å²) in [5, 5.41) is 101. The molecule has 0 saturated carbocycles. The van der Waals surface area contributed by atoms with Crippen molar-refractivity contribution < 1.29 is 19.2 Å². The van der Waals surface area contributed by atoms with Gasteiger partial charge in [-0.25, -0.2) is 4.79 Å². The minimum atomic E-state index is -1.17. The highest BCUT2D eigenvalue weighted by Crippen LogP contribution is 1.98. The molecule has 2 amide bonds. The van der Waals surface area contributed by atoms with Gasteiger partial charge >= 0.3 is 6.03 Å². The van der Waals surface area contributed by atoms with E-state index in [2.05, 4.69) is 212 Å². The summed E-state index contributed by atoms with van der Waals surface area (Å²) in [7, 11) is 3.43. The summed E-state index contributed by atoms with van der Waals surface area (Å²) in [6.07, 6.45) is 0.489. The van der Waals surface area contributed by atoms with E-state index in [4.69, 9.17) is 5.26 Å². The van der Waals surface area contributed by atoms with Crippen LogP contribution in [0.15, 0.2) is 136 Å². The van der Waals surface area contributed by atoms with Gasteiger partial charge in [0.2, 0.25) is 0 Å². The van der Waals surface area contributed by atoms with Crippen molar-refractivity contribution in [3.8, 4) is 77.2 Å². The molecule has 0 unspecified atom stereocenters. The molecule has 0 aromatic carbocycles. The number of carbonyl (C=O) groups is 2. The molecular weight excluding hydrogens is 706 g/mol. The van der Waals surface area contributed by atoms with Crippen LogP contribution in [0, 0.1) is 82.5 Å². The third-order valence-corrected chi connectivity index (χ3v) is 3.66. The van der Waals surface area contributed by atoms with Gasteiger partial charge in [0, 0.05) is 120 Å². The quantitative estimate of drug-likeness (QED) is 0.0731. The lowest BCUT2D eigenvalue weighted by molar-refractivity contribution is -0.884. The lowest BCUT2D eigenvalue weighted by Crippen LogP contribution is -2.49. The second-order valence-corrected chi connectivity index (χ2v) is 7.72. The number of carboxylic acids is 1. The zero-order valence-electron chi connectivity index (χ0n) is 26.6. The summed E-state index contributed by atoms with van der Waals surface area (Å²) in [6.45, 7) is 0.554. The molecule has 0 radical (unpaired) electrons. The van der Waals surface area contributed by atoms with E-state index in [9.17, 15) is 14.7 Å². The van der Waals surface area contributed by atoms with Gasteiger partial charge in [-0.1, -0.05) is 10.2 Å². The Morgan fingerprint density at radius 3 is 1.25 bits per heavy atom. The van der Waals surface area contributed by atoms with Gasteiger partial charge in [-0.15, -0.1) is 0 Å². The third-order valence-electron chi connectivity index (χ3n) is 3.66. The number of amides is 2. The number of urea groups is 1. The molecule has 0 spiro atoms. The molecule has 0 aliphatic carbocycles. The minimum absolute atomic E-state index is 0.157. The first-order chi connectivity index (χ1) is 25.9. The van der Waals surface area contributed by atoms with Gasteiger partial charge < -0.3 is 19.7 Å². The lowest BCUT2D eigenvalue weighted by atomic mass is 10.3. The number of hydrogen-bond acceptors (Lipinski definition) is 5. The highest BCUT2D eigenvalue weighted by atomic mass is 16.4. The predicted molar refractivity (Wildman–Crippen MR) is 160 cm³/mol. The van der Waals surface area contributed by atoms with E-state index in [1.165, 1.54) is 0 Å². The molecule has 0 rings (SSSR count). The summed E-state index contributed by atoms with van der Waals surface area (Å²) < 4.78 is 0.192. The highest BCUT2D eigenvalue weighted by Gasteiger charge is 2.14. The third kappa shape index (κ3) is 36.9. The van der Waals surface area contributed by atoms with Crippen LogP contribution in [-0.4, -0.2) is 50.2 Å². The molecule has 0 fully saturated rings. The number of carbonyl (C=O) groups excluding carboxylic acids is 2. The van der Waals surface area contributed by atoms with Crippen LogP contribution in [0.5, 0.6) is 0 Å². The number of quaternary nitrogens is 1. The van der Waals surface area contributed by atoms with Crippen molar-refractivity contribution in [2.24, 2.45) is 136 Å². The first-order valence-electron chi connectivity index (χ1n) is 12.8. The number of nitrogens with zero attached hydrogens (tertiary/aromatic N) is 28. The Bertz CT molecular complexity index is 2040. The number of likely N-dealkylation sites (N-methyl/N-ethyl adjacent to an activating group) is 1. The van der Waals surface area contributed by atoms with Crippen molar-refractivity contribution in [2.45, 2.75) is 6.42 Å². The molecule has 0 heterocycles. The Morgan fingerprint density at radius 2 is 0.868 bits per heavy atom. The molecule has 32 heteroatoms. The van der Waals surface area contributed by atoms with Crippen molar-refractivity contribution in [3.05, 3.63) is 0 Å². The molecule has 0 saturated heterocycles. The molecular formula is C21H15N29O3. The van der Waals surface area contributed by atoms with Crippen molar-refractivity contribution in [1.29, 1.82) is 5.26 Å². The minimum Gasteiger partial charge on any atom is -0.544 e. The fraction of sp³-hybridized carbons (Fsp3) is 0.286. The van der Waals surface area contributed by atoms with E-state index in [1.807, 2.05) is 0 Å². The SMILES string of the molecule is C[N+](C)(CCCNC(=O)/N=N/N=N/N=N/N=N/N=N/N=N/N=N/N=N/N=N/N=N/N=N/N=N/N=NC#CC#CC#CC#CC#CC#CC#N)CC(=O)[O-]. The number of aliphatic carboxylic acids is 1. The van der Waals surface area contributed by atoms with Crippen molar-refractivity contribution in [2.75, 3.05) is 33.7 Å². The molecule has 0 bridgehead atoms. The zero-order chi connectivity index (χ0) is 38.8. The van der Waals surface area contributed by atoms with E-state index >= 15 is 0 Å². The summed E-state index contributed by atoms with van der Waals surface area (Å²) >= 11 is 0. The Kier molecular flexibility index (Phi) is 27.9. The fourth-order valence-corrected chi connectivity index (χ4v) is 2.02. The number of rotatable bonds is 18. The Hall–Kier alpha value is -9.45. The molecule has 0 aromatic rings. The first-order valence-corrected chi connectivity index (χ1v) is 12.8. The van der Waals surface area contributed by atoms with Gasteiger partial charge in [0.1, 0.15) is 6.54 Å². The average Bonchev–Trinajstić information content (AvgIpc) is 3.12. The Morgan fingerprint density at radius 1 is 0.528 bits per heavy atom. The summed E-state index contributed by atoms with van der Waals surface area (Å²) in [6, 6.07) is 2.97. The van der Waals surface area contributed by atoms with Crippen molar-refractivity contribution in [1.82, 2.24) is 5.32 Å². The van der Waals surface area contributed by atoms with E-state index in [1.54, 1.807) is 20.2 Å². The van der Waals surface area contributed by atoms with Gasteiger partial charge in [-0.05, 0) is 83.6 Å². The molecule has 0 aliphatic rings. The van der Waals surface area contributed by atoms with Crippen LogP contribution in [-0.2, 0) is 4.79 Å². The molecule has 0 aromatic heterocycles. The molecule has 32 nitrogen and oxygen atoms in total. The van der Waals surface area contributed by atoms with Gasteiger partial charge in [0.25, 0.3) is 0 Å². The normalized spacial score (nSPS) is 11.7. The van der Waals surface area contributed by atoms with Crippen molar-refractivity contribution in [3.63, 3.8) is 0 Å². The highest BCUT2D eigenvalue weighted by molar-refractivity contribution is 5.74. The molecule has 0 atom stereocenters. The number of carboxylic acid groups (broad SMARTS) is 1. The second kappa shape index (κ2) is 33.9. The zero-order valence-corrected chi connectivity index (χ0v) is 26.6. The maximum atomic E-state index is 11.5. The average molecular weight is 722 g/mol. The van der Waals surface area contributed by atoms with Crippen LogP contribution in [0.1, 0.15) is 6.42 Å². The van der Waals surface area contributed by atoms with E-state index < -0.39 is 12.0 Å². The fourth-order valence-electron chi connectivity index (χ4n) is 2.02. The summed E-state index contributed by atoms with van der Waals surface area (Å²) in [5.41, 5.74) is 0. The van der Waals surface area contributed by atoms with E-state index in [0.29, 0.717) is 13.0 Å². The maximum Gasteiger partial charge on any atom is 0.361 e. The van der Waals surface area contributed by atoms with Crippen LogP contribution < -0.4 is 10.4 Å². The van der Waals surface area contributed by atoms with E-state index in [0.717, 1.165) is 0 Å². The largest absolute Gasteiger partial charge is 0.544 e. The Labute approximate surface area is 295 Å². The summed E-state index contributed by atoms with van der Waals surface area (Å²) in [4.78, 5) is 22.1. The van der Waals surface area contributed by atoms with Crippen LogP contribution in [0.2, 0.25) is 0 Å². The standard InChI is InChI=1S/C21H15N29O3/c1-50(2,19-20(51)52)18-14-16-23-21(53)25-27-29-31-33-35-37-39-41-43-45-47-49-48-46-44-42-40-38-36-34-32-30-28-26-24-17-13-11-9-7-5-3-4-6-8-10-12-15-22/h14,16,18-19H2,1-2H3,(H-,23,51,52,53)/b26-24?,27-25+,30-28+,31-29+,34-32+,35-33+,38-36+,39-37+,42-40+,43-41+,46-44+,47-45+,49-48+. The number of nitrogens with one attached hydrogen (secondary N) is 1. The van der Waals surface area contributed by atoms with Crippen LogP contribution >= 0.6 is 0 Å². The van der Waals surface area contributed by atoms with Gasteiger partial charge in [-0.2, -0.15) is 5.26 Å². The van der Waals surface area contributed by atoms with Crippen LogP contribution in [0.4, 0.5) is 4.79 Å². The lowest BCUT2D eigenvalue weighted by Gasteiger charge is -2.29. The van der Waals surface area contributed by atoms with Crippen LogP contribution in [0.3, 0.4) is 0 Å². The molecule has 262 valence electrons. The predicted octanol–water partition coefficient (Wildman–Crippen LogP) is 3.27. The summed E-state index contributed by atoms with van der Waals surface area (Å²) in [5.74, 6) is 24.4. The molecule has 1 N–H and O–H groups in total. The second-order valence-electron chi connectivity index (χ2n) is 7.72. The monoisotopic (exact) mass is 721 g/mol. The van der Waals surface area contributed by atoms with Gasteiger partial charge in [-0.3, -0.25) is 0 Å². The topological polar surface area (TPSA) is 414 Å². The smallest absolute Gasteiger partial charge is 0.361 e. The Balaban J connectivity index is 4.14. The van der Waals surface area contributed by atoms with Crippen molar-refractivity contribution >= 4 is 12.0 Å². The molecule has 0 aliphatic heterocycles. The first kappa shape index (κ1) is 43.5. The number of nitriles is 1. The van der Waals surface area contributed by atoms with Crippen LogP contribution in [0.25, 0.3) is 0 Å². The maximum absolute atomic E-state index is 11.5. The van der Waals surface area contributed by atoms with Gasteiger partial charge in [0.15, 0.2) is 6.07 Å².